The highest BCUT2D eigenvalue weighted by molar-refractivity contribution is 5.69. The van der Waals surface area contributed by atoms with E-state index in [-0.39, 0.29) is 16.9 Å². The number of aromatic nitrogens is 7. The molecule has 0 bridgehead atoms. The van der Waals surface area contributed by atoms with E-state index in [1.165, 1.54) is 0 Å². The van der Waals surface area contributed by atoms with Crippen LogP contribution >= 0.6 is 0 Å². The number of tetrazole rings is 1. The Kier molecular flexibility index (Phi) is 0.902. The van der Waals surface area contributed by atoms with Gasteiger partial charge in [0, 0.05) is 5.88 Å². The zero-order chi connectivity index (χ0) is 8.84. The van der Waals surface area contributed by atoms with Crippen molar-refractivity contribution >= 4 is 16.9 Å². The molecule has 9 heteroatoms. The van der Waals surface area contributed by atoms with Gasteiger partial charge in [0.05, 0.1) is 0 Å². The van der Waals surface area contributed by atoms with Gasteiger partial charge in [-0.1, -0.05) is 0 Å². The van der Waals surface area contributed by atoms with Crippen LogP contribution in [0.15, 0.2) is 4.63 Å². The highest BCUT2D eigenvalue weighted by Gasteiger charge is 2.09. The summed E-state index contributed by atoms with van der Waals surface area (Å²) in [7, 11) is 0. The minimum atomic E-state index is -0.562. The van der Waals surface area contributed by atoms with E-state index in [1.54, 1.807) is 0 Å². The van der Waals surface area contributed by atoms with E-state index in [9.17, 15) is 5.11 Å². The van der Waals surface area contributed by atoms with Gasteiger partial charge in [-0.05, 0) is 20.7 Å². The molecule has 13 heavy (non-hydrogen) atoms. The first-order valence-corrected chi connectivity index (χ1v) is 3.23. The molecule has 0 aliphatic heterocycles. The fourth-order valence-electron chi connectivity index (χ4n) is 0.993. The largest absolute Gasteiger partial charge is 0.856 e. The van der Waals surface area contributed by atoms with Gasteiger partial charge in [0.25, 0.3) is 0 Å². The molecule has 0 spiro atoms. The van der Waals surface area contributed by atoms with Crippen molar-refractivity contribution in [3.63, 3.8) is 0 Å². The summed E-state index contributed by atoms with van der Waals surface area (Å²) in [6, 6.07) is 0. The summed E-state index contributed by atoms with van der Waals surface area (Å²) in [6.07, 6.45) is 0. The van der Waals surface area contributed by atoms with E-state index < -0.39 is 5.88 Å². The monoisotopic (exact) mass is 178 g/mol. The Labute approximate surface area is 68.9 Å². The van der Waals surface area contributed by atoms with Gasteiger partial charge in [-0.15, -0.1) is 5.10 Å². The van der Waals surface area contributed by atoms with Crippen LogP contribution < -0.4 is 5.11 Å². The Morgan fingerprint density at radius 3 is 3.08 bits per heavy atom. The second kappa shape index (κ2) is 1.88. The second-order valence-corrected chi connectivity index (χ2v) is 2.24. The molecular weight excluding hydrogens is 178 g/mol. The summed E-state index contributed by atoms with van der Waals surface area (Å²) in [5.74, 6) is -0.562. The molecule has 0 unspecified atom stereocenters. The number of fused-ring (bicyclic) bond motifs is 3. The molecular formula is C4N7O2-. The lowest BCUT2D eigenvalue weighted by molar-refractivity contribution is -0.272. The van der Waals surface area contributed by atoms with E-state index in [4.69, 9.17) is 0 Å². The van der Waals surface area contributed by atoms with E-state index >= 15 is 0 Å². The van der Waals surface area contributed by atoms with Crippen molar-refractivity contribution in [2.45, 2.75) is 0 Å². The van der Waals surface area contributed by atoms with Crippen molar-refractivity contribution in [3.8, 4) is 5.88 Å². The molecule has 3 aromatic heterocycles. The van der Waals surface area contributed by atoms with Crippen LogP contribution in [0.2, 0.25) is 0 Å². The fraction of sp³-hybridized carbons (Fsp3) is 0. The SMILES string of the molecule is [O-]c1nc2nonc2n2nnnc12. The standard InChI is InChI=1S/C4HN7O2/c12-4-3-6-9-10-11(3)2-1(5-4)7-13-8-2/h(H,5,7,12)/p-1. The molecule has 0 atom stereocenters. The molecule has 3 rings (SSSR count). The third kappa shape index (κ3) is 0.648. The molecule has 0 aliphatic rings. The topological polar surface area (TPSA) is 118 Å². The molecule has 0 N–H and O–H groups in total. The maximum absolute atomic E-state index is 11.2. The Morgan fingerprint density at radius 1 is 1.23 bits per heavy atom. The van der Waals surface area contributed by atoms with Gasteiger partial charge in [0.1, 0.15) is 0 Å². The first-order chi connectivity index (χ1) is 6.36. The van der Waals surface area contributed by atoms with Crippen molar-refractivity contribution in [2.75, 3.05) is 0 Å². The lowest BCUT2D eigenvalue weighted by atomic mass is 10.6. The summed E-state index contributed by atoms with van der Waals surface area (Å²) >= 11 is 0. The quantitative estimate of drug-likeness (QED) is 0.392. The van der Waals surface area contributed by atoms with E-state index in [0.717, 1.165) is 4.52 Å². The molecule has 0 aromatic carbocycles. The minimum absolute atomic E-state index is 0.00296. The lowest BCUT2D eigenvalue weighted by Gasteiger charge is -2.01. The average molecular weight is 178 g/mol. The maximum atomic E-state index is 11.2. The maximum Gasteiger partial charge on any atom is 0.248 e. The highest BCUT2D eigenvalue weighted by atomic mass is 16.6. The van der Waals surface area contributed by atoms with Gasteiger partial charge in [0.2, 0.25) is 11.3 Å². The van der Waals surface area contributed by atoms with Gasteiger partial charge < -0.3 is 5.11 Å². The van der Waals surface area contributed by atoms with E-state index in [2.05, 4.69) is 35.5 Å². The van der Waals surface area contributed by atoms with Gasteiger partial charge in [-0.3, -0.25) is 0 Å². The smallest absolute Gasteiger partial charge is 0.248 e. The highest BCUT2D eigenvalue weighted by Crippen LogP contribution is 2.13. The minimum Gasteiger partial charge on any atom is -0.856 e. The first kappa shape index (κ1) is 6.22. The zero-order valence-electron chi connectivity index (χ0n) is 5.95. The molecule has 0 amide bonds. The Bertz CT molecular complexity index is 582. The van der Waals surface area contributed by atoms with E-state index in [0.29, 0.717) is 0 Å². The molecule has 0 radical (unpaired) electrons. The molecule has 0 aliphatic carbocycles. The van der Waals surface area contributed by atoms with Crippen molar-refractivity contribution < 1.29 is 9.74 Å². The van der Waals surface area contributed by atoms with Crippen molar-refractivity contribution in [2.24, 2.45) is 0 Å². The van der Waals surface area contributed by atoms with Crippen molar-refractivity contribution in [1.29, 1.82) is 0 Å². The third-order valence-electron chi connectivity index (χ3n) is 1.52. The summed E-state index contributed by atoms with van der Waals surface area (Å²) in [5, 5.41) is 28.4. The number of rotatable bonds is 0. The fourth-order valence-corrected chi connectivity index (χ4v) is 0.993. The molecule has 9 nitrogen and oxygen atoms in total. The van der Waals surface area contributed by atoms with Gasteiger partial charge in [0.15, 0.2) is 5.65 Å². The van der Waals surface area contributed by atoms with Crippen LogP contribution in [0.3, 0.4) is 0 Å². The van der Waals surface area contributed by atoms with Gasteiger partial charge in [-0.25, -0.2) is 9.61 Å². The van der Waals surface area contributed by atoms with Gasteiger partial charge in [-0.2, -0.15) is 4.52 Å². The van der Waals surface area contributed by atoms with Crippen molar-refractivity contribution in [1.82, 2.24) is 35.3 Å². The summed E-state index contributed by atoms with van der Waals surface area (Å²) < 4.78 is 5.51. The predicted octanol–water partition coefficient (Wildman–Crippen LogP) is -1.87. The van der Waals surface area contributed by atoms with Gasteiger partial charge >= 0.3 is 0 Å². The molecule has 0 saturated heterocycles. The molecule has 0 fully saturated rings. The molecule has 64 valence electrons. The normalized spacial score (nSPS) is 11.4. The first-order valence-electron chi connectivity index (χ1n) is 3.23. The Hall–Kier alpha value is -2.32. The summed E-state index contributed by atoms with van der Waals surface area (Å²) in [6.45, 7) is 0. The number of nitrogens with zero attached hydrogens (tertiary/aromatic N) is 7. The number of hydrogen-bond acceptors (Lipinski definition) is 8. The van der Waals surface area contributed by atoms with Crippen LogP contribution in [0.1, 0.15) is 0 Å². The van der Waals surface area contributed by atoms with Crippen LogP contribution in [0.5, 0.6) is 5.88 Å². The van der Waals surface area contributed by atoms with Crippen LogP contribution in [-0.2, 0) is 0 Å². The molecule has 3 aromatic rings. The second-order valence-electron chi connectivity index (χ2n) is 2.24. The summed E-state index contributed by atoms with van der Waals surface area (Å²) in [5.41, 5.74) is 0.313. The summed E-state index contributed by atoms with van der Waals surface area (Å²) in [4.78, 5) is 3.55. The third-order valence-corrected chi connectivity index (χ3v) is 1.52. The van der Waals surface area contributed by atoms with Crippen LogP contribution in [-0.4, -0.2) is 35.3 Å². The van der Waals surface area contributed by atoms with Crippen LogP contribution in [0.25, 0.3) is 16.9 Å². The average Bonchev–Trinajstić information content (AvgIpc) is 2.66. The molecule has 0 saturated carbocycles. The van der Waals surface area contributed by atoms with Crippen molar-refractivity contribution in [3.05, 3.63) is 0 Å². The zero-order valence-corrected chi connectivity index (χ0v) is 5.95. The lowest BCUT2D eigenvalue weighted by Crippen LogP contribution is -2.01. The predicted molar refractivity (Wildman–Crippen MR) is 33.4 cm³/mol. The van der Waals surface area contributed by atoms with Crippen LogP contribution in [0.4, 0.5) is 0 Å². The Balaban J connectivity index is 2.70. The van der Waals surface area contributed by atoms with Crippen LogP contribution in [0, 0.1) is 0 Å². The Morgan fingerprint density at radius 2 is 2.15 bits per heavy atom. The van der Waals surface area contributed by atoms with E-state index in [1.807, 2.05) is 0 Å². The number of hydrogen-bond donors (Lipinski definition) is 0. The molecule has 3 heterocycles.